The van der Waals surface area contributed by atoms with Gasteiger partial charge in [-0.2, -0.15) is 0 Å². The van der Waals surface area contributed by atoms with E-state index in [-0.39, 0.29) is 0 Å². The first-order chi connectivity index (χ1) is 3.85. The normalized spacial score (nSPS) is 11.6. The van der Waals surface area contributed by atoms with Gasteiger partial charge in [0.25, 0.3) is 0 Å². The highest BCUT2D eigenvalue weighted by atomic mass is 16.5. The van der Waals surface area contributed by atoms with Gasteiger partial charge in [0.1, 0.15) is 0 Å². The molecule has 0 unspecified atom stereocenters. The van der Waals surface area contributed by atoms with Gasteiger partial charge in [0.2, 0.25) is 0 Å². The molecule has 0 aromatic rings. The average molecular weight is 115 g/mol. The van der Waals surface area contributed by atoms with E-state index in [4.69, 9.17) is 4.74 Å². The van der Waals surface area contributed by atoms with Crippen molar-refractivity contribution in [3.05, 3.63) is 11.8 Å². The largest absolute Gasteiger partial charge is 0.390 e. The number of hydrogen-bond donors (Lipinski definition) is 1. The lowest BCUT2D eigenvalue weighted by atomic mass is 10.4. The fourth-order valence-corrected chi connectivity index (χ4v) is 0.455. The van der Waals surface area contributed by atoms with E-state index < -0.39 is 0 Å². The van der Waals surface area contributed by atoms with Crippen molar-refractivity contribution in [3.63, 3.8) is 0 Å². The summed E-state index contributed by atoms with van der Waals surface area (Å²) in [6, 6.07) is 0. The number of rotatable bonds is 3. The van der Waals surface area contributed by atoms with Crippen molar-refractivity contribution in [2.24, 2.45) is 0 Å². The van der Waals surface area contributed by atoms with Crippen LogP contribution in [-0.2, 0) is 4.74 Å². The van der Waals surface area contributed by atoms with Gasteiger partial charge >= 0.3 is 0 Å². The Hall–Kier alpha value is -0.500. The van der Waals surface area contributed by atoms with Crippen LogP contribution in [0.25, 0.3) is 0 Å². The molecule has 0 radical (unpaired) electrons. The SMILES string of the molecule is CC=C(COC)NC. The molecule has 0 saturated carbocycles. The first-order valence-electron chi connectivity index (χ1n) is 2.67. The minimum absolute atomic E-state index is 0.674. The third kappa shape index (κ3) is 2.64. The number of allylic oxidation sites excluding steroid dienone is 1. The van der Waals surface area contributed by atoms with Crippen LogP contribution in [0, 0.1) is 0 Å². The van der Waals surface area contributed by atoms with Gasteiger partial charge in [0.15, 0.2) is 0 Å². The Morgan fingerprint density at radius 2 is 2.38 bits per heavy atom. The van der Waals surface area contributed by atoms with Crippen LogP contribution in [0.4, 0.5) is 0 Å². The van der Waals surface area contributed by atoms with Gasteiger partial charge in [-0.1, -0.05) is 6.08 Å². The third-order valence-electron chi connectivity index (χ3n) is 0.969. The maximum atomic E-state index is 4.85. The van der Waals surface area contributed by atoms with E-state index in [0.717, 1.165) is 5.70 Å². The Kier molecular flexibility index (Phi) is 4.36. The van der Waals surface area contributed by atoms with Crippen molar-refractivity contribution in [2.75, 3.05) is 20.8 Å². The third-order valence-corrected chi connectivity index (χ3v) is 0.969. The summed E-state index contributed by atoms with van der Waals surface area (Å²) >= 11 is 0. The molecule has 0 amide bonds. The van der Waals surface area contributed by atoms with Crippen LogP contribution in [0.2, 0.25) is 0 Å². The molecule has 48 valence electrons. The molecule has 0 aromatic heterocycles. The second-order valence-electron chi connectivity index (χ2n) is 1.50. The highest BCUT2D eigenvalue weighted by Crippen LogP contribution is 1.85. The van der Waals surface area contributed by atoms with E-state index in [0.29, 0.717) is 6.61 Å². The fourth-order valence-electron chi connectivity index (χ4n) is 0.455. The lowest BCUT2D eigenvalue weighted by molar-refractivity contribution is 0.221. The van der Waals surface area contributed by atoms with Crippen LogP contribution < -0.4 is 5.32 Å². The van der Waals surface area contributed by atoms with Gasteiger partial charge < -0.3 is 10.1 Å². The molecule has 0 aliphatic heterocycles. The van der Waals surface area contributed by atoms with E-state index >= 15 is 0 Å². The number of hydrogen-bond acceptors (Lipinski definition) is 2. The quantitative estimate of drug-likeness (QED) is 0.586. The molecule has 0 saturated heterocycles. The van der Waals surface area contributed by atoms with Crippen molar-refractivity contribution in [3.8, 4) is 0 Å². The first kappa shape index (κ1) is 7.50. The topological polar surface area (TPSA) is 21.3 Å². The summed E-state index contributed by atoms with van der Waals surface area (Å²) in [5.41, 5.74) is 1.12. The monoisotopic (exact) mass is 115 g/mol. The van der Waals surface area contributed by atoms with Gasteiger partial charge in [-0.25, -0.2) is 0 Å². The Balaban J connectivity index is 3.38. The smallest absolute Gasteiger partial charge is 0.0855 e. The zero-order valence-electron chi connectivity index (χ0n) is 5.69. The Bertz CT molecular complexity index is 78.6. The second kappa shape index (κ2) is 4.65. The van der Waals surface area contributed by atoms with Crippen LogP contribution in [0.15, 0.2) is 11.8 Å². The number of methoxy groups -OCH3 is 1. The molecule has 0 fully saturated rings. The second-order valence-corrected chi connectivity index (χ2v) is 1.50. The lowest BCUT2D eigenvalue weighted by Crippen LogP contribution is -2.10. The van der Waals surface area contributed by atoms with Crippen molar-refractivity contribution in [1.82, 2.24) is 5.32 Å². The van der Waals surface area contributed by atoms with E-state index in [1.165, 1.54) is 0 Å². The van der Waals surface area contributed by atoms with Crippen molar-refractivity contribution in [2.45, 2.75) is 6.92 Å². The van der Waals surface area contributed by atoms with Gasteiger partial charge in [-0.3, -0.25) is 0 Å². The van der Waals surface area contributed by atoms with Gasteiger partial charge in [0, 0.05) is 19.9 Å². The zero-order chi connectivity index (χ0) is 6.41. The lowest BCUT2D eigenvalue weighted by Gasteiger charge is -2.01. The van der Waals surface area contributed by atoms with E-state index in [9.17, 15) is 0 Å². The fraction of sp³-hybridized carbons (Fsp3) is 0.667. The summed E-state index contributed by atoms with van der Waals surface area (Å²) in [5, 5.41) is 2.99. The molecular formula is C6H13NO. The summed E-state index contributed by atoms with van der Waals surface area (Å²) in [6.45, 7) is 2.65. The maximum absolute atomic E-state index is 4.85. The molecule has 1 N–H and O–H groups in total. The van der Waals surface area contributed by atoms with Crippen molar-refractivity contribution < 1.29 is 4.74 Å². The summed E-state index contributed by atoms with van der Waals surface area (Å²) in [7, 11) is 3.56. The van der Waals surface area contributed by atoms with E-state index in [2.05, 4.69) is 5.32 Å². The summed E-state index contributed by atoms with van der Waals surface area (Å²) in [4.78, 5) is 0. The molecule has 0 aromatic carbocycles. The van der Waals surface area contributed by atoms with E-state index in [1.54, 1.807) is 7.11 Å². The summed E-state index contributed by atoms with van der Waals surface area (Å²) in [6.07, 6.45) is 1.99. The highest BCUT2D eigenvalue weighted by molar-refractivity contribution is 4.95. The predicted octanol–water partition coefficient (Wildman–Crippen LogP) is 0.756. The molecule has 0 heterocycles. The summed E-state index contributed by atoms with van der Waals surface area (Å²) in [5.74, 6) is 0. The van der Waals surface area contributed by atoms with Gasteiger partial charge in [-0.05, 0) is 6.92 Å². The minimum Gasteiger partial charge on any atom is -0.390 e. The standard InChI is InChI=1S/C6H13NO/c1-4-6(7-2)5-8-3/h4,7H,5H2,1-3H3. The number of ether oxygens (including phenoxy) is 1. The van der Waals surface area contributed by atoms with Crippen LogP contribution in [0.1, 0.15) is 6.92 Å². The molecule has 0 aliphatic rings. The number of nitrogens with one attached hydrogen (secondary N) is 1. The van der Waals surface area contributed by atoms with Gasteiger partial charge in [-0.15, -0.1) is 0 Å². The van der Waals surface area contributed by atoms with E-state index in [1.807, 2.05) is 20.0 Å². The molecule has 2 nitrogen and oxygen atoms in total. The Morgan fingerprint density at radius 3 is 2.50 bits per heavy atom. The Morgan fingerprint density at radius 1 is 1.75 bits per heavy atom. The first-order valence-corrected chi connectivity index (χ1v) is 2.67. The van der Waals surface area contributed by atoms with Crippen molar-refractivity contribution >= 4 is 0 Å². The molecular weight excluding hydrogens is 102 g/mol. The maximum Gasteiger partial charge on any atom is 0.0855 e. The molecule has 0 atom stereocenters. The minimum atomic E-state index is 0.674. The van der Waals surface area contributed by atoms with Crippen LogP contribution in [-0.4, -0.2) is 20.8 Å². The molecule has 0 spiro atoms. The summed E-state index contributed by atoms with van der Waals surface area (Å²) < 4.78 is 4.85. The zero-order valence-corrected chi connectivity index (χ0v) is 5.69. The molecule has 0 bridgehead atoms. The molecule has 8 heavy (non-hydrogen) atoms. The van der Waals surface area contributed by atoms with Gasteiger partial charge in [0.05, 0.1) is 6.61 Å². The van der Waals surface area contributed by atoms with Crippen LogP contribution >= 0.6 is 0 Å². The Labute approximate surface area is 50.5 Å². The van der Waals surface area contributed by atoms with Crippen LogP contribution in [0.3, 0.4) is 0 Å². The predicted molar refractivity (Wildman–Crippen MR) is 34.7 cm³/mol. The van der Waals surface area contributed by atoms with Crippen molar-refractivity contribution in [1.29, 1.82) is 0 Å². The van der Waals surface area contributed by atoms with Crippen LogP contribution in [0.5, 0.6) is 0 Å². The average Bonchev–Trinajstić information content (AvgIpc) is 1.83. The molecule has 2 heteroatoms. The highest BCUT2D eigenvalue weighted by Gasteiger charge is 1.85. The molecule has 0 rings (SSSR count). The molecule has 0 aliphatic carbocycles. The number of likely N-dealkylation sites (N-methyl/N-ethyl adjacent to an activating group) is 1.